The molecule has 1 aliphatic carbocycles. The van der Waals surface area contributed by atoms with Crippen molar-refractivity contribution in [2.75, 3.05) is 46.0 Å². The highest BCUT2D eigenvalue weighted by molar-refractivity contribution is 7.66. The number of nitrogens with zero attached hydrogens (tertiary/aromatic N) is 2. The quantitative estimate of drug-likeness (QED) is 0.351. The van der Waals surface area contributed by atoms with Gasteiger partial charge in [0.15, 0.2) is 0 Å². The van der Waals surface area contributed by atoms with Crippen molar-refractivity contribution in [1.82, 2.24) is 9.80 Å². The molecule has 0 bridgehead atoms. The minimum absolute atomic E-state index is 0.123. The van der Waals surface area contributed by atoms with Gasteiger partial charge in [0.05, 0.1) is 0 Å². The maximum Gasteiger partial charge on any atom is 0.320 e. The van der Waals surface area contributed by atoms with Gasteiger partial charge in [-0.05, 0) is 86.4 Å². The van der Waals surface area contributed by atoms with Crippen LogP contribution in [0.1, 0.15) is 50.0 Å². The topological polar surface area (TPSA) is 70.1 Å². The number of carboxylic acids is 1. The summed E-state index contributed by atoms with van der Waals surface area (Å²) < 4.78 is 33.1. The normalized spacial score (nSPS) is 25.4. The van der Waals surface area contributed by atoms with Crippen molar-refractivity contribution in [1.29, 1.82) is 0 Å². The Morgan fingerprint density at radius 1 is 1.05 bits per heavy atom. The number of rotatable bonds is 12. The highest BCUT2D eigenvalue weighted by Gasteiger charge is 2.42. The standard InChI is InChI=1S/C31H42FN2O4P/c1-38-39(37,28-8-3-2-4-9-28)17-14-23-12-15-33(16-13-23)20-26-21-34(30(31(35)36)18-24-10-11-24)22-29(26)25-6-5-7-27(32)19-25/h2-9,19,23-24,26,29-30H,10-18,20-22H2,1H3,(H,35,36)/t26-,29+,30+,39?/m0/s1. The Morgan fingerprint density at radius 2 is 1.79 bits per heavy atom. The first-order chi connectivity index (χ1) is 18.8. The van der Waals surface area contributed by atoms with Crippen molar-refractivity contribution < 1.29 is 23.4 Å². The summed E-state index contributed by atoms with van der Waals surface area (Å²) in [6, 6.07) is 15.9. The van der Waals surface area contributed by atoms with Crippen molar-refractivity contribution in [2.24, 2.45) is 17.8 Å². The van der Waals surface area contributed by atoms with Crippen molar-refractivity contribution in [3.05, 3.63) is 66.0 Å². The minimum Gasteiger partial charge on any atom is -0.480 e. The molecule has 2 aliphatic heterocycles. The van der Waals surface area contributed by atoms with Crippen LogP contribution in [0.2, 0.25) is 0 Å². The highest BCUT2D eigenvalue weighted by atomic mass is 31.2. The third-order valence-electron chi connectivity index (χ3n) is 9.20. The van der Waals surface area contributed by atoms with Gasteiger partial charge in [-0.2, -0.15) is 0 Å². The summed E-state index contributed by atoms with van der Waals surface area (Å²) in [6.45, 7) is 4.24. The zero-order chi connectivity index (χ0) is 27.4. The summed E-state index contributed by atoms with van der Waals surface area (Å²) in [5, 5.41) is 10.8. The number of aliphatic carboxylic acids is 1. The van der Waals surface area contributed by atoms with Crippen LogP contribution in [-0.2, 0) is 13.9 Å². The largest absolute Gasteiger partial charge is 0.480 e. The molecule has 212 valence electrons. The second-order valence-corrected chi connectivity index (χ2v) is 14.5. The van der Waals surface area contributed by atoms with Crippen molar-refractivity contribution in [3.8, 4) is 0 Å². The number of carbonyl (C=O) groups is 1. The lowest BCUT2D eigenvalue weighted by molar-refractivity contribution is -0.143. The van der Waals surface area contributed by atoms with Gasteiger partial charge >= 0.3 is 5.97 Å². The zero-order valence-electron chi connectivity index (χ0n) is 23.0. The fraction of sp³-hybridized carbons (Fsp3) is 0.581. The Morgan fingerprint density at radius 3 is 2.44 bits per heavy atom. The number of hydrogen-bond donors (Lipinski definition) is 1. The smallest absolute Gasteiger partial charge is 0.320 e. The predicted octanol–water partition coefficient (Wildman–Crippen LogP) is 5.45. The fourth-order valence-electron chi connectivity index (χ4n) is 6.66. The fourth-order valence-corrected chi connectivity index (χ4v) is 8.64. The lowest BCUT2D eigenvalue weighted by Crippen LogP contribution is -2.42. The Labute approximate surface area is 232 Å². The van der Waals surface area contributed by atoms with E-state index in [1.165, 1.54) is 6.07 Å². The molecule has 4 atom stereocenters. The molecule has 0 aromatic heterocycles. The molecule has 1 unspecified atom stereocenters. The second kappa shape index (κ2) is 12.6. The first-order valence-electron chi connectivity index (χ1n) is 14.5. The molecule has 3 fully saturated rings. The van der Waals surface area contributed by atoms with E-state index in [1.807, 2.05) is 36.4 Å². The van der Waals surface area contributed by atoms with E-state index < -0.39 is 19.4 Å². The molecule has 2 heterocycles. The van der Waals surface area contributed by atoms with Gasteiger partial charge in [-0.25, -0.2) is 4.39 Å². The van der Waals surface area contributed by atoms with Crippen molar-refractivity contribution in [3.63, 3.8) is 0 Å². The maximum absolute atomic E-state index is 14.2. The molecular weight excluding hydrogens is 514 g/mol. The van der Waals surface area contributed by atoms with Crippen LogP contribution >= 0.6 is 7.37 Å². The van der Waals surface area contributed by atoms with Crippen LogP contribution in [-0.4, -0.2) is 72.9 Å². The van der Waals surface area contributed by atoms with Gasteiger partial charge in [0.25, 0.3) is 0 Å². The lowest BCUT2D eigenvalue weighted by Gasteiger charge is -2.35. The van der Waals surface area contributed by atoms with E-state index in [2.05, 4.69) is 9.80 Å². The maximum atomic E-state index is 14.2. The number of benzene rings is 2. The average molecular weight is 557 g/mol. The van der Waals surface area contributed by atoms with Gasteiger partial charge in [-0.1, -0.05) is 43.2 Å². The lowest BCUT2D eigenvalue weighted by atomic mass is 9.87. The monoisotopic (exact) mass is 556 g/mol. The van der Waals surface area contributed by atoms with Gasteiger partial charge in [-0.3, -0.25) is 14.3 Å². The number of carboxylic acid groups (broad SMARTS) is 1. The molecule has 1 saturated carbocycles. The first-order valence-corrected chi connectivity index (χ1v) is 16.3. The van der Waals surface area contributed by atoms with E-state index >= 15 is 0 Å². The van der Waals surface area contributed by atoms with E-state index in [9.17, 15) is 18.9 Å². The Hall–Kier alpha value is -2.05. The molecule has 2 saturated heterocycles. The van der Waals surface area contributed by atoms with Crippen molar-refractivity contribution in [2.45, 2.75) is 50.5 Å². The van der Waals surface area contributed by atoms with Gasteiger partial charge in [0, 0.05) is 44.1 Å². The van der Waals surface area contributed by atoms with Crippen LogP contribution in [0.4, 0.5) is 4.39 Å². The third kappa shape index (κ3) is 7.18. The second-order valence-electron chi connectivity index (χ2n) is 11.9. The zero-order valence-corrected chi connectivity index (χ0v) is 23.9. The van der Waals surface area contributed by atoms with E-state index in [0.717, 1.165) is 75.6 Å². The molecule has 0 radical (unpaired) electrons. The molecule has 2 aromatic carbocycles. The summed E-state index contributed by atoms with van der Waals surface area (Å²) in [5.74, 6) is 0.469. The summed E-state index contributed by atoms with van der Waals surface area (Å²) in [4.78, 5) is 16.8. The summed E-state index contributed by atoms with van der Waals surface area (Å²) >= 11 is 0. The summed E-state index contributed by atoms with van der Waals surface area (Å²) in [7, 11) is -1.28. The Bertz CT molecular complexity index is 1150. The molecule has 5 rings (SSSR count). The van der Waals surface area contributed by atoms with E-state index in [4.69, 9.17) is 4.52 Å². The molecule has 2 aromatic rings. The van der Waals surface area contributed by atoms with Crippen LogP contribution in [0.25, 0.3) is 0 Å². The average Bonchev–Trinajstić information content (AvgIpc) is 3.69. The predicted molar refractivity (Wildman–Crippen MR) is 152 cm³/mol. The molecular formula is C31H42FN2O4P. The van der Waals surface area contributed by atoms with E-state index in [0.29, 0.717) is 24.5 Å². The Balaban J connectivity index is 1.19. The molecule has 0 amide bonds. The van der Waals surface area contributed by atoms with E-state index in [-0.39, 0.29) is 17.7 Å². The molecule has 6 nitrogen and oxygen atoms in total. The van der Waals surface area contributed by atoms with Gasteiger partial charge in [-0.15, -0.1) is 0 Å². The summed E-state index contributed by atoms with van der Waals surface area (Å²) in [5.41, 5.74) is 0.976. The number of halogens is 1. The van der Waals surface area contributed by atoms with Crippen LogP contribution in [0.3, 0.4) is 0 Å². The van der Waals surface area contributed by atoms with Gasteiger partial charge in [0.1, 0.15) is 11.9 Å². The van der Waals surface area contributed by atoms with Crippen LogP contribution < -0.4 is 5.30 Å². The Kier molecular flexibility index (Phi) is 9.23. The van der Waals surface area contributed by atoms with Crippen molar-refractivity contribution >= 4 is 18.6 Å². The van der Waals surface area contributed by atoms with Crippen LogP contribution in [0.5, 0.6) is 0 Å². The van der Waals surface area contributed by atoms with Gasteiger partial charge in [0.2, 0.25) is 7.37 Å². The third-order valence-corrected chi connectivity index (χ3v) is 11.7. The molecule has 3 aliphatic rings. The molecule has 8 heteroatoms. The first kappa shape index (κ1) is 28.5. The van der Waals surface area contributed by atoms with E-state index in [1.54, 1.807) is 19.2 Å². The SMILES string of the molecule is COP(=O)(CCC1CCN(C[C@H]2CN([C@H](CC3CC3)C(=O)O)C[C@@H]2c2cccc(F)c2)CC1)c1ccccc1. The molecule has 0 spiro atoms. The van der Waals surface area contributed by atoms with Crippen LogP contribution in [0.15, 0.2) is 54.6 Å². The van der Waals surface area contributed by atoms with Crippen LogP contribution in [0, 0.1) is 23.6 Å². The van der Waals surface area contributed by atoms with Gasteiger partial charge < -0.3 is 14.5 Å². The molecule has 1 N–H and O–H groups in total. The summed E-state index contributed by atoms with van der Waals surface area (Å²) in [6.07, 6.45) is 6.55. The minimum atomic E-state index is -2.83. The number of hydrogen-bond acceptors (Lipinski definition) is 5. The number of piperidine rings is 1. The molecule has 39 heavy (non-hydrogen) atoms. The highest BCUT2D eigenvalue weighted by Crippen LogP contribution is 2.47. The number of likely N-dealkylation sites (tertiary alicyclic amines) is 2.